The average Bonchev–Trinajstić information content (AvgIpc) is 3.15. The van der Waals surface area contributed by atoms with E-state index in [0.29, 0.717) is 23.7 Å². The molecule has 1 fully saturated rings. The number of piperidine rings is 1. The van der Waals surface area contributed by atoms with Crippen molar-refractivity contribution in [3.8, 4) is 5.75 Å². The molecule has 0 spiro atoms. The van der Waals surface area contributed by atoms with Crippen LogP contribution in [-0.2, 0) is 16.6 Å². The van der Waals surface area contributed by atoms with Gasteiger partial charge in [0, 0.05) is 31.3 Å². The maximum Gasteiger partial charge on any atom is 0.243 e. The Labute approximate surface area is 170 Å². The molecule has 3 rings (SSSR count). The zero-order valence-electron chi connectivity index (χ0n) is 16.2. The van der Waals surface area contributed by atoms with Crippen molar-refractivity contribution in [2.45, 2.75) is 42.3 Å². The van der Waals surface area contributed by atoms with E-state index < -0.39 is 10.0 Å². The van der Waals surface area contributed by atoms with Gasteiger partial charge in [-0.1, -0.05) is 17.8 Å². The van der Waals surface area contributed by atoms with E-state index in [4.69, 9.17) is 4.74 Å². The monoisotopic (exact) mass is 422 g/mol. The maximum atomic E-state index is 12.9. The minimum Gasteiger partial charge on any atom is -0.497 e. The van der Waals surface area contributed by atoms with E-state index in [1.807, 2.05) is 6.08 Å². The van der Waals surface area contributed by atoms with Crippen molar-refractivity contribution in [2.75, 3.05) is 26.0 Å². The van der Waals surface area contributed by atoms with Crippen LogP contribution in [-0.4, -0.2) is 53.4 Å². The van der Waals surface area contributed by atoms with Crippen molar-refractivity contribution < 1.29 is 13.2 Å². The van der Waals surface area contributed by atoms with E-state index in [1.54, 1.807) is 47.4 Å². The smallest absolute Gasteiger partial charge is 0.243 e. The highest BCUT2D eigenvalue weighted by atomic mass is 32.2. The Hall–Kier alpha value is -1.84. The first-order chi connectivity index (χ1) is 13.5. The second-order valence-electron chi connectivity index (χ2n) is 6.54. The quantitative estimate of drug-likeness (QED) is 0.480. The van der Waals surface area contributed by atoms with Gasteiger partial charge < -0.3 is 9.30 Å². The molecule has 28 heavy (non-hydrogen) atoms. The van der Waals surface area contributed by atoms with Gasteiger partial charge in [-0.05, 0) is 44.0 Å². The van der Waals surface area contributed by atoms with Gasteiger partial charge in [0.25, 0.3) is 0 Å². The Morgan fingerprint density at radius 2 is 1.93 bits per heavy atom. The van der Waals surface area contributed by atoms with Gasteiger partial charge in [-0.2, -0.15) is 4.31 Å². The summed E-state index contributed by atoms with van der Waals surface area (Å²) in [6.45, 7) is 7.58. The van der Waals surface area contributed by atoms with Crippen LogP contribution in [0.4, 0.5) is 0 Å². The van der Waals surface area contributed by atoms with Crippen LogP contribution >= 0.6 is 11.8 Å². The van der Waals surface area contributed by atoms with E-state index in [-0.39, 0.29) is 5.92 Å². The predicted octanol–water partition coefficient (Wildman–Crippen LogP) is 3.15. The Balaban J connectivity index is 1.70. The fourth-order valence-corrected chi connectivity index (χ4v) is 5.60. The summed E-state index contributed by atoms with van der Waals surface area (Å²) in [7, 11) is -1.94. The molecule has 0 aliphatic carbocycles. The molecule has 1 saturated heterocycles. The van der Waals surface area contributed by atoms with E-state index >= 15 is 0 Å². The van der Waals surface area contributed by atoms with Gasteiger partial charge in [0.15, 0.2) is 5.16 Å². The average molecular weight is 423 g/mol. The molecule has 0 amide bonds. The number of ether oxygens (including phenoxy) is 1. The van der Waals surface area contributed by atoms with Gasteiger partial charge in [-0.3, -0.25) is 0 Å². The van der Waals surface area contributed by atoms with E-state index in [0.717, 1.165) is 36.1 Å². The lowest BCUT2D eigenvalue weighted by molar-refractivity contribution is 0.308. The SMILES string of the molecule is C=CCSc1nnc(C2CCN(S(=O)(=O)c3ccc(OC)cc3)CC2)n1CC. The maximum absolute atomic E-state index is 12.9. The predicted molar refractivity (Wildman–Crippen MR) is 110 cm³/mol. The number of rotatable bonds is 8. The van der Waals surface area contributed by atoms with Gasteiger partial charge >= 0.3 is 0 Å². The Bertz CT molecular complexity index is 902. The van der Waals surface area contributed by atoms with Crippen LogP contribution in [0.3, 0.4) is 0 Å². The molecule has 1 aliphatic heterocycles. The van der Waals surface area contributed by atoms with E-state index in [1.165, 1.54) is 0 Å². The van der Waals surface area contributed by atoms with Crippen molar-refractivity contribution >= 4 is 21.8 Å². The number of hydrogen-bond acceptors (Lipinski definition) is 6. The van der Waals surface area contributed by atoms with Crippen molar-refractivity contribution in [1.29, 1.82) is 0 Å². The molecule has 0 atom stereocenters. The van der Waals surface area contributed by atoms with Gasteiger partial charge in [0.1, 0.15) is 11.6 Å². The van der Waals surface area contributed by atoms with Crippen LogP contribution in [0.15, 0.2) is 47.0 Å². The third kappa shape index (κ3) is 4.26. The van der Waals surface area contributed by atoms with Crippen LogP contribution < -0.4 is 4.74 Å². The van der Waals surface area contributed by atoms with Gasteiger partial charge in [0.05, 0.1) is 12.0 Å². The summed E-state index contributed by atoms with van der Waals surface area (Å²) in [6, 6.07) is 6.53. The third-order valence-electron chi connectivity index (χ3n) is 4.91. The Kier molecular flexibility index (Phi) is 6.79. The van der Waals surface area contributed by atoms with Crippen LogP contribution in [0, 0.1) is 0 Å². The molecule has 1 aromatic heterocycles. The lowest BCUT2D eigenvalue weighted by Gasteiger charge is -2.31. The minimum absolute atomic E-state index is 0.216. The number of sulfonamides is 1. The van der Waals surface area contributed by atoms with Crippen LogP contribution in [0.1, 0.15) is 31.5 Å². The number of hydrogen-bond donors (Lipinski definition) is 0. The molecular weight excluding hydrogens is 396 g/mol. The highest BCUT2D eigenvalue weighted by Crippen LogP contribution is 2.32. The summed E-state index contributed by atoms with van der Waals surface area (Å²) in [5.74, 6) is 2.60. The second kappa shape index (κ2) is 9.11. The second-order valence-corrected chi connectivity index (χ2v) is 9.46. The molecular formula is C19H26N4O3S2. The molecule has 0 N–H and O–H groups in total. The summed E-state index contributed by atoms with van der Waals surface area (Å²) < 4.78 is 34.6. The minimum atomic E-state index is -3.50. The van der Waals surface area contributed by atoms with E-state index in [9.17, 15) is 8.42 Å². The normalized spacial score (nSPS) is 16.2. The van der Waals surface area contributed by atoms with Gasteiger partial charge in [0.2, 0.25) is 10.0 Å². The molecule has 7 nitrogen and oxygen atoms in total. The lowest BCUT2D eigenvalue weighted by atomic mass is 9.97. The van der Waals surface area contributed by atoms with Gasteiger partial charge in [-0.15, -0.1) is 16.8 Å². The number of aromatic nitrogens is 3. The Morgan fingerprint density at radius 3 is 2.50 bits per heavy atom. The first kappa shape index (κ1) is 20.9. The van der Waals surface area contributed by atoms with Crippen molar-refractivity contribution in [3.63, 3.8) is 0 Å². The number of thioether (sulfide) groups is 1. The molecule has 0 bridgehead atoms. The number of methoxy groups -OCH3 is 1. The molecule has 0 radical (unpaired) electrons. The standard InChI is InChI=1S/C19H26N4O3S2/c1-4-14-27-19-21-20-18(23(19)5-2)15-10-12-22(13-11-15)28(24,25)17-8-6-16(26-3)7-9-17/h4,6-9,15H,1,5,10-14H2,2-3H3. The molecule has 9 heteroatoms. The molecule has 2 aromatic rings. The number of benzene rings is 1. The molecule has 152 valence electrons. The van der Waals surface area contributed by atoms with E-state index in [2.05, 4.69) is 28.3 Å². The highest BCUT2D eigenvalue weighted by molar-refractivity contribution is 7.99. The van der Waals surface area contributed by atoms with Crippen molar-refractivity contribution in [1.82, 2.24) is 19.1 Å². The van der Waals surface area contributed by atoms with Crippen LogP contribution in [0.2, 0.25) is 0 Å². The zero-order valence-corrected chi connectivity index (χ0v) is 17.9. The zero-order chi connectivity index (χ0) is 20.1. The van der Waals surface area contributed by atoms with Crippen LogP contribution in [0.5, 0.6) is 5.75 Å². The molecule has 0 saturated carbocycles. The Morgan fingerprint density at radius 1 is 1.25 bits per heavy atom. The summed E-state index contributed by atoms with van der Waals surface area (Å²) in [5.41, 5.74) is 0. The molecule has 0 unspecified atom stereocenters. The first-order valence-corrected chi connectivity index (χ1v) is 11.7. The van der Waals surface area contributed by atoms with Crippen molar-refractivity contribution in [2.24, 2.45) is 0 Å². The fourth-order valence-electron chi connectivity index (χ4n) is 3.39. The lowest BCUT2D eigenvalue weighted by Crippen LogP contribution is -2.38. The highest BCUT2D eigenvalue weighted by Gasteiger charge is 2.32. The fraction of sp³-hybridized carbons (Fsp3) is 0.474. The summed E-state index contributed by atoms with van der Waals surface area (Å²) >= 11 is 1.62. The van der Waals surface area contributed by atoms with Gasteiger partial charge in [-0.25, -0.2) is 8.42 Å². The van der Waals surface area contributed by atoms with Crippen molar-refractivity contribution in [3.05, 3.63) is 42.7 Å². The largest absolute Gasteiger partial charge is 0.497 e. The summed E-state index contributed by atoms with van der Waals surface area (Å²) in [5, 5.41) is 9.61. The summed E-state index contributed by atoms with van der Waals surface area (Å²) in [6.07, 6.45) is 3.32. The third-order valence-corrected chi connectivity index (χ3v) is 7.78. The molecule has 1 aliphatic rings. The summed E-state index contributed by atoms with van der Waals surface area (Å²) in [4.78, 5) is 0.298. The first-order valence-electron chi connectivity index (χ1n) is 9.32. The molecule has 1 aromatic carbocycles. The van der Waals surface area contributed by atoms with Crippen LogP contribution in [0.25, 0.3) is 0 Å². The number of nitrogens with zero attached hydrogens (tertiary/aromatic N) is 4. The topological polar surface area (TPSA) is 77.3 Å². The molecule has 2 heterocycles.